The first kappa shape index (κ1) is 22.3. The third-order valence-corrected chi connectivity index (χ3v) is 6.55. The van der Waals surface area contributed by atoms with E-state index in [1.807, 2.05) is 25.1 Å². The second-order valence-electron chi connectivity index (χ2n) is 9.39. The van der Waals surface area contributed by atoms with Crippen molar-refractivity contribution in [1.29, 1.82) is 0 Å². The Bertz CT molecular complexity index is 799. The molecule has 1 aliphatic heterocycles. The van der Waals surface area contributed by atoms with Crippen molar-refractivity contribution in [1.82, 2.24) is 10.6 Å². The molecular weight excluding hydrogens is 378 g/mol. The van der Waals surface area contributed by atoms with Crippen LogP contribution in [-0.2, 0) is 19.8 Å². The Hall–Kier alpha value is -2.37. The first-order valence-electron chi connectivity index (χ1n) is 11.2. The Kier molecular flexibility index (Phi) is 6.84. The standard InChI is InChI=1S/C24H35N3O3/c1-5-27-20-13-9-8-12-18(20)24(3,4)15-19(23(27)30)26-22(29)16(2)25-21(28)14-17-10-6-7-11-17/h8-9,12-13,16-17,19H,5-7,10-11,14-15H2,1-4H3,(H,25,28)(H,26,29)/t16-,19?/m0/s1. The monoisotopic (exact) mass is 413 g/mol. The lowest BCUT2D eigenvalue weighted by Gasteiger charge is -2.28. The maximum Gasteiger partial charge on any atom is 0.249 e. The SMILES string of the molecule is CCN1C(=O)C(NC(=O)[C@H](C)NC(=O)CC2CCCC2)CC(C)(C)c2ccccc21. The highest BCUT2D eigenvalue weighted by Crippen LogP contribution is 2.39. The van der Waals surface area contributed by atoms with E-state index < -0.39 is 12.1 Å². The normalized spacial score (nSPS) is 22.2. The van der Waals surface area contributed by atoms with Crippen molar-refractivity contribution in [2.24, 2.45) is 5.92 Å². The zero-order valence-corrected chi connectivity index (χ0v) is 18.7. The molecule has 1 fully saturated rings. The minimum absolute atomic E-state index is 0.0836. The van der Waals surface area contributed by atoms with Crippen LogP contribution in [0.2, 0.25) is 0 Å². The van der Waals surface area contributed by atoms with Crippen LogP contribution in [0.3, 0.4) is 0 Å². The maximum absolute atomic E-state index is 13.3. The number of fused-ring (bicyclic) bond motifs is 1. The van der Waals surface area contributed by atoms with Crippen molar-refractivity contribution < 1.29 is 14.4 Å². The molecule has 1 saturated carbocycles. The lowest BCUT2D eigenvalue weighted by atomic mass is 9.79. The number of hydrogen-bond acceptors (Lipinski definition) is 3. The van der Waals surface area contributed by atoms with Gasteiger partial charge in [-0.05, 0) is 56.1 Å². The van der Waals surface area contributed by atoms with Gasteiger partial charge in [-0.1, -0.05) is 44.9 Å². The number of para-hydroxylation sites is 1. The molecular formula is C24H35N3O3. The summed E-state index contributed by atoms with van der Waals surface area (Å²) in [6, 6.07) is 6.64. The first-order chi connectivity index (χ1) is 14.2. The van der Waals surface area contributed by atoms with E-state index in [1.165, 1.54) is 12.8 Å². The Labute approximate surface area is 179 Å². The number of nitrogens with zero attached hydrogens (tertiary/aromatic N) is 1. The van der Waals surface area contributed by atoms with E-state index in [1.54, 1.807) is 11.8 Å². The summed E-state index contributed by atoms with van der Waals surface area (Å²) in [5, 5.41) is 5.73. The number of carbonyl (C=O) groups is 3. The van der Waals surface area contributed by atoms with Crippen molar-refractivity contribution in [2.75, 3.05) is 11.4 Å². The fourth-order valence-electron chi connectivity index (χ4n) is 4.87. The molecule has 0 radical (unpaired) electrons. The van der Waals surface area contributed by atoms with Crippen LogP contribution in [0.25, 0.3) is 0 Å². The van der Waals surface area contributed by atoms with Gasteiger partial charge in [0.05, 0.1) is 0 Å². The molecule has 1 aromatic rings. The predicted molar refractivity (Wildman–Crippen MR) is 118 cm³/mol. The number of amides is 3. The average molecular weight is 414 g/mol. The summed E-state index contributed by atoms with van der Waals surface area (Å²) < 4.78 is 0. The Morgan fingerprint density at radius 3 is 2.53 bits per heavy atom. The maximum atomic E-state index is 13.3. The summed E-state index contributed by atoms with van der Waals surface area (Å²) in [5.41, 5.74) is 1.74. The Morgan fingerprint density at radius 2 is 1.87 bits per heavy atom. The van der Waals surface area contributed by atoms with Crippen LogP contribution in [0.15, 0.2) is 24.3 Å². The van der Waals surface area contributed by atoms with Crippen LogP contribution < -0.4 is 15.5 Å². The van der Waals surface area contributed by atoms with E-state index in [0.29, 0.717) is 25.3 Å². The number of benzene rings is 1. The van der Waals surface area contributed by atoms with Crippen LogP contribution in [-0.4, -0.2) is 36.3 Å². The number of rotatable bonds is 6. The number of likely N-dealkylation sites (N-methyl/N-ethyl adjacent to an activating group) is 1. The fraction of sp³-hybridized carbons (Fsp3) is 0.625. The summed E-state index contributed by atoms with van der Waals surface area (Å²) in [6.45, 7) is 8.36. The third kappa shape index (κ3) is 4.85. The number of hydrogen-bond donors (Lipinski definition) is 2. The third-order valence-electron chi connectivity index (χ3n) is 6.55. The molecule has 0 spiro atoms. The van der Waals surface area contributed by atoms with E-state index in [-0.39, 0.29) is 23.1 Å². The van der Waals surface area contributed by atoms with Crippen LogP contribution >= 0.6 is 0 Å². The molecule has 0 bridgehead atoms. The highest BCUT2D eigenvalue weighted by Gasteiger charge is 2.39. The number of anilines is 1. The van der Waals surface area contributed by atoms with Gasteiger partial charge < -0.3 is 15.5 Å². The molecule has 1 aromatic carbocycles. The first-order valence-corrected chi connectivity index (χ1v) is 11.2. The molecule has 0 aromatic heterocycles. The zero-order valence-electron chi connectivity index (χ0n) is 18.7. The smallest absolute Gasteiger partial charge is 0.249 e. The molecule has 6 heteroatoms. The zero-order chi connectivity index (χ0) is 21.9. The molecule has 1 unspecified atom stereocenters. The van der Waals surface area contributed by atoms with Gasteiger partial charge in [0.2, 0.25) is 17.7 Å². The summed E-state index contributed by atoms with van der Waals surface area (Å²) >= 11 is 0. The van der Waals surface area contributed by atoms with Gasteiger partial charge in [0.15, 0.2) is 0 Å². The molecule has 6 nitrogen and oxygen atoms in total. The van der Waals surface area contributed by atoms with Gasteiger partial charge in [-0.3, -0.25) is 14.4 Å². The summed E-state index contributed by atoms with van der Waals surface area (Å²) in [6.07, 6.45) is 5.54. The van der Waals surface area contributed by atoms with Gasteiger partial charge in [0, 0.05) is 18.7 Å². The molecule has 1 heterocycles. The average Bonchev–Trinajstić information content (AvgIpc) is 3.18. The van der Waals surface area contributed by atoms with Gasteiger partial charge in [-0.2, -0.15) is 0 Å². The Morgan fingerprint density at radius 1 is 1.20 bits per heavy atom. The topological polar surface area (TPSA) is 78.5 Å². The summed E-state index contributed by atoms with van der Waals surface area (Å²) in [7, 11) is 0. The van der Waals surface area contributed by atoms with E-state index in [4.69, 9.17) is 0 Å². The van der Waals surface area contributed by atoms with Gasteiger partial charge in [-0.15, -0.1) is 0 Å². The summed E-state index contributed by atoms with van der Waals surface area (Å²) in [4.78, 5) is 40.1. The highest BCUT2D eigenvalue weighted by molar-refractivity contribution is 6.01. The van der Waals surface area contributed by atoms with Gasteiger partial charge in [-0.25, -0.2) is 0 Å². The molecule has 2 atom stereocenters. The number of nitrogens with one attached hydrogen (secondary N) is 2. The molecule has 164 valence electrons. The van der Waals surface area contributed by atoms with E-state index in [9.17, 15) is 14.4 Å². The Balaban J connectivity index is 1.68. The predicted octanol–water partition coefficient (Wildman–Crippen LogP) is 3.29. The van der Waals surface area contributed by atoms with E-state index in [0.717, 1.165) is 24.1 Å². The highest BCUT2D eigenvalue weighted by atomic mass is 16.2. The molecule has 0 saturated heterocycles. The number of carbonyl (C=O) groups excluding carboxylic acids is 3. The van der Waals surface area contributed by atoms with Crippen molar-refractivity contribution in [3.05, 3.63) is 29.8 Å². The summed E-state index contributed by atoms with van der Waals surface area (Å²) in [5.74, 6) is -0.0694. The molecule has 30 heavy (non-hydrogen) atoms. The second kappa shape index (κ2) is 9.19. The van der Waals surface area contributed by atoms with Crippen molar-refractivity contribution in [3.63, 3.8) is 0 Å². The molecule has 2 N–H and O–H groups in total. The van der Waals surface area contributed by atoms with Crippen LogP contribution in [0.1, 0.15) is 71.8 Å². The molecule has 3 amide bonds. The van der Waals surface area contributed by atoms with Gasteiger partial charge in [0.1, 0.15) is 12.1 Å². The van der Waals surface area contributed by atoms with Crippen LogP contribution in [0, 0.1) is 5.92 Å². The minimum Gasteiger partial charge on any atom is -0.345 e. The van der Waals surface area contributed by atoms with E-state index in [2.05, 4.69) is 30.5 Å². The van der Waals surface area contributed by atoms with Crippen molar-refractivity contribution in [3.8, 4) is 0 Å². The van der Waals surface area contributed by atoms with Crippen LogP contribution in [0.5, 0.6) is 0 Å². The van der Waals surface area contributed by atoms with Gasteiger partial charge in [0.25, 0.3) is 0 Å². The fourth-order valence-corrected chi connectivity index (χ4v) is 4.87. The second-order valence-corrected chi connectivity index (χ2v) is 9.39. The van der Waals surface area contributed by atoms with Crippen LogP contribution in [0.4, 0.5) is 5.69 Å². The quantitative estimate of drug-likeness (QED) is 0.751. The largest absolute Gasteiger partial charge is 0.345 e. The van der Waals surface area contributed by atoms with Gasteiger partial charge >= 0.3 is 0 Å². The lowest BCUT2D eigenvalue weighted by Crippen LogP contribution is -2.54. The van der Waals surface area contributed by atoms with Crippen molar-refractivity contribution >= 4 is 23.4 Å². The van der Waals surface area contributed by atoms with Crippen molar-refractivity contribution in [2.45, 2.75) is 83.7 Å². The molecule has 2 aliphatic rings. The lowest BCUT2D eigenvalue weighted by molar-refractivity contribution is -0.131. The minimum atomic E-state index is -0.671. The molecule has 1 aliphatic carbocycles. The molecule has 3 rings (SSSR count). The van der Waals surface area contributed by atoms with E-state index >= 15 is 0 Å².